The van der Waals surface area contributed by atoms with E-state index >= 15 is 0 Å². The van der Waals surface area contributed by atoms with Crippen LogP contribution in [0.1, 0.15) is 17.5 Å². The van der Waals surface area contributed by atoms with Crippen LogP contribution in [0.4, 0.5) is 5.69 Å². The summed E-state index contributed by atoms with van der Waals surface area (Å²) in [6, 6.07) is 5.88. The van der Waals surface area contributed by atoms with Crippen LogP contribution in [-0.2, 0) is 17.9 Å². The summed E-state index contributed by atoms with van der Waals surface area (Å²) in [6.07, 6.45) is 0.188. The average molecular weight is 206 g/mol. The molecule has 0 spiro atoms. The number of nitrogens with two attached hydrogens (primary N) is 1. The maximum atomic E-state index is 10.4. The number of aliphatic carboxylic acids is 1. The van der Waals surface area contributed by atoms with Gasteiger partial charge in [-0.1, -0.05) is 12.1 Å². The minimum absolute atomic E-state index is 0.188. The van der Waals surface area contributed by atoms with E-state index < -0.39 is 5.97 Å². The molecule has 0 aromatic heterocycles. The highest BCUT2D eigenvalue weighted by molar-refractivity contribution is 5.66. The molecular formula is C11H14N2O2. The highest BCUT2D eigenvalue weighted by atomic mass is 16.4. The number of fused-ring (bicyclic) bond motifs is 1. The minimum atomic E-state index is -0.751. The predicted molar refractivity (Wildman–Crippen MR) is 57.2 cm³/mol. The van der Waals surface area contributed by atoms with Crippen molar-refractivity contribution < 1.29 is 9.90 Å². The highest BCUT2D eigenvalue weighted by Gasteiger charge is 2.20. The molecule has 4 nitrogen and oxygen atoms in total. The molecule has 4 heteroatoms. The van der Waals surface area contributed by atoms with Crippen LogP contribution in [0.5, 0.6) is 0 Å². The molecule has 2 rings (SSSR count). The fraction of sp³-hybridized carbons (Fsp3) is 0.364. The zero-order valence-electron chi connectivity index (χ0n) is 8.44. The maximum Gasteiger partial charge on any atom is 0.304 e. The largest absolute Gasteiger partial charge is 0.481 e. The molecule has 0 atom stereocenters. The molecule has 0 radical (unpaired) electrons. The lowest BCUT2D eigenvalue weighted by Gasteiger charge is -2.12. The van der Waals surface area contributed by atoms with Crippen LogP contribution in [0.3, 0.4) is 0 Å². The van der Waals surface area contributed by atoms with Crippen molar-refractivity contribution in [3.63, 3.8) is 0 Å². The Morgan fingerprint density at radius 2 is 2.27 bits per heavy atom. The van der Waals surface area contributed by atoms with Crippen molar-refractivity contribution >= 4 is 11.7 Å². The third-order valence-electron chi connectivity index (χ3n) is 2.73. The first kappa shape index (κ1) is 9.98. The fourth-order valence-corrected chi connectivity index (χ4v) is 1.93. The summed E-state index contributed by atoms with van der Waals surface area (Å²) in [5, 5.41) is 8.59. The van der Waals surface area contributed by atoms with Gasteiger partial charge in [-0.05, 0) is 17.2 Å². The van der Waals surface area contributed by atoms with Crippen molar-refractivity contribution in [2.45, 2.75) is 19.5 Å². The van der Waals surface area contributed by atoms with Gasteiger partial charge in [0.2, 0.25) is 0 Å². The summed E-state index contributed by atoms with van der Waals surface area (Å²) >= 11 is 0. The lowest BCUT2D eigenvalue weighted by Crippen LogP contribution is -2.20. The average Bonchev–Trinajstić information content (AvgIpc) is 2.59. The van der Waals surface area contributed by atoms with Gasteiger partial charge in [0.25, 0.3) is 0 Å². The molecule has 0 amide bonds. The Balaban J connectivity index is 2.03. The fourth-order valence-electron chi connectivity index (χ4n) is 1.93. The zero-order chi connectivity index (χ0) is 10.8. The van der Waals surface area contributed by atoms with Gasteiger partial charge in [0.05, 0.1) is 6.42 Å². The summed E-state index contributed by atoms with van der Waals surface area (Å²) in [7, 11) is 0. The quantitative estimate of drug-likeness (QED) is 0.726. The molecule has 3 N–H and O–H groups in total. The van der Waals surface area contributed by atoms with Crippen LogP contribution in [0.25, 0.3) is 0 Å². The Labute approximate surface area is 88.3 Å². The van der Waals surface area contributed by atoms with Crippen LogP contribution in [0.15, 0.2) is 18.2 Å². The van der Waals surface area contributed by atoms with Gasteiger partial charge in [-0.3, -0.25) is 9.69 Å². The number of nitrogen functional groups attached to an aromatic ring is 1. The smallest absolute Gasteiger partial charge is 0.304 e. The molecule has 1 aliphatic heterocycles. The molecule has 1 aromatic rings. The Morgan fingerprint density at radius 3 is 2.93 bits per heavy atom. The van der Waals surface area contributed by atoms with Crippen LogP contribution >= 0.6 is 0 Å². The molecular weight excluding hydrogens is 192 g/mol. The Bertz CT molecular complexity index is 390. The normalized spacial score (nSPS) is 15.2. The summed E-state index contributed by atoms with van der Waals surface area (Å²) < 4.78 is 0. The van der Waals surface area contributed by atoms with E-state index in [0.717, 1.165) is 24.3 Å². The van der Waals surface area contributed by atoms with E-state index in [2.05, 4.69) is 4.90 Å². The molecule has 0 saturated carbocycles. The van der Waals surface area contributed by atoms with E-state index in [4.69, 9.17) is 10.8 Å². The Morgan fingerprint density at radius 1 is 1.47 bits per heavy atom. The van der Waals surface area contributed by atoms with E-state index in [1.807, 2.05) is 18.2 Å². The first-order valence-corrected chi connectivity index (χ1v) is 4.97. The number of rotatable bonds is 3. The van der Waals surface area contributed by atoms with Crippen molar-refractivity contribution in [2.24, 2.45) is 0 Å². The second-order valence-corrected chi connectivity index (χ2v) is 3.84. The number of benzene rings is 1. The predicted octanol–water partition coefficient (Wildman–Crippen LogP) is 1.06. The zero-order valence-corrected chi connectivity index (χ0v) is 8.44. The summed E-state index contributed by atoms with van der Waals surface area (Å²) in [4.78, 5) is 12.6. The summed E-state index contributed by atoms with van der Waals surface area (Å²) in [6.45, 7) is 2.17. The highest BCUT2D eigenvalue weighted by Crippen LogP contribution is 2.27. The molecule has 0 unspecified atom stereocenters. The summed E-state index contributed by atoms with van der Waals surface area (Å²) in [5.74, 6) is -0.751. The van der Waals surface area contributed by atoms with Crippen LogP contribution in [0, 0.1) is 0 Å². The Hall–Kier alpha value is -1.55. The van der Waals surface area contributed by atoms with E-state index in [1.165, 1.54) is 5.56 Å². The second kappa shape index (κ2) is 3.90. The van der Waals surface area contributed by atoms with Gasteiger partial charge in [-0.15, -0.1) is 0 Å². The molecule has 1 aliphatic rings. The number of hydrogen-bond acceptors (Lipinski definition) is 3. The molecule has 15 heavy (non-hydrogen) atoms. The van der Waals surface area contributed by atoms with Gasteiger partial charge < -0.3 is 10.8 Å². The maximum absolute atomic E-state index is 10.4. The number of carboxylic acids is 1. The summed E-state index contributed by atoms with van der Waals surface area (Å²) in [5.41, 5.74) is 9.04. The van der Waals surface area contributed by atoms with Gasteiger partial charge in [0, 0.05) is 25.3 Å². The Kier molecular flexibility index (Phi) is 2.60. The lowest BCUT2D eigenvalue weighted by atomic mass is 10.1. The standard InChI is InChI=1S/C11H14N2O2/c12-10-3-1-2-8-6-13(7-9(8)10)5-4-11(14)15/h1-3H,4-7,12H2,(H,14,15). The molecule has 0 saturated heterocycles. The number of carboxylic acid groups (broad SMARTS) is 1. The van der Waals surface area contributed by atoms with Gasteiger partial charge >= 0.3 is 5.97 Å². The van der Waals surface area contributed by atoms with Gasteiger partial charge in [0.1, 0.15) is 0 Å². The first-order valence-electron chi connectivity index (χ1n) is 4.97. The van der Waals surface area contributed by atoms with Crippen LogP contribution in [-0.4, -0.2) is 22.5 Å². The second-order valence-electron chi connectivity index (χ2n) is 3.84. The third-order valence-corrected chi connectivity index (χ3v) is 2.73. The van der Waals surface area contributed by atoms with Gasteiger partial charge in [-0.2, -0.15) is 0 Å². The lowest BCUT2D eigenvalue weighted by molar-refractivity contribution is -0.137. The minimum Gasteiger partial charge on any atom is -0.481 e. The van der Waals surface area contributed by atoms with Crippen molar-refractivity contribution in [1.82, 2.24) is 4.90 Å². The van der Waals surface area contributed by atoms with Crippen molar-refractivity contribution in [1.29, 1.82) is 0 Å². The SMILES string of the molecule is Nc1cccc2c1CN(CCC(=O)O)C2. The van der Waals surface area contributed by atoms with Crippen LogP contribution in [0.2, 0.25) is 0 Å². The van der Waals surface area contributed by atoms with Gasteiger partial charge in [-0.25, -0.2) is 0 Å². The van der Waals surface area contributed by atoms with E-state index in [9.17, 15) is 4.79 Å². The monoisotopic (exact) mass is 206 g/mol. The number of nitrogens with zero attached hydrogens (tertiary/aromatic N) is 1. The molecule has 0 fully saturated rings. The topological polar surface area (TPSA) is 66.6 Å². The van der Waals surface area contributed by atoms with Crippen molar-refractivity contribution in [2.75, 3.05) is 12.3 Å². The molecule has 0 bridgehead atoms. The number of anilines is 1. The van der Waals surface area contributed by atoms with Crippen LogP contribution < -0.4 is 5.73 Å². The van der Waals surface area contributed by atoms with E-state index in [0.29, 0.717) is 6.54 Å². The van der Waals surface area contributed by atoms with E-state index in [-0.39, 0.29) is 6.42 Å². The number of hydrogen-bond donors (Lipinski definition) is 2. The van der Waals surface area contributed by atoms with Crippen molar-refractivity contribution in [3.8, 4) is 0 Å². The van der Waals surface area contributed by atoms with E-state index in [1.54, 1.807) is 0 Å². The molecule has 1 heterocycles. The van der Waals surface area contributed by atoms with Gasteiger partial charge in [0.15, 0.2) is 0 Å². The molecule has 1 aromatic carbocycles. The van der Waals surface area contributed by atoms with Crippen molar-refractivity contribution in [3.05, 3.63) is 29.3 Å². The molecule has 80 valence electrons. The number of carbonyl (C=O) groups is 1. The third kappa shape index (κ3) is 2.10. The first-order chi connectivity index (χ1) is 7.16. The molecule has 0 aliphatic carbocycles.